The fourth-order valence-electron chi connectivity index (χ4n) is 1.64. The van der Waals surface area contributed by atoms with Crippen molar-refractivity contribution in [3.05, 3.63) is 42.2 Å². The molecule has 0 aliphatic rings. The van der Waals surface area contributed by atoms with E-state index >= 15 is 0 Å². The quantitative estimate of drug-likeness (QED) is 0.547. The molecule has 4 nitrogen and oxygen atoms in total. The SMILES string of the molecule is N#Cc1cnn2c1ncc1ccccc12. The molecule has 3 aromatic rings. The molecule has 3 rings (SSSR count). The van der Waals surface area contributed by atoms with Crippen LogP contribution in [0.2, 0.25) is 0 Å². The van der Waals surface area contributed by atoms with Crippen LogP contribution in [0.1, 0.15) is 5.56 Å². The molecule has 0 unspecified atom stereocenters. The monoisotopic (exact) mass is 194 g/mol. The summed E-state index contributed by atoms with van der Waals surface area (Å²) in [5.41, 5.74) is 2.07. The molecule has 0 spiro atoms. The van der Waals surface area contributed by atoms with Crippen LogP contribution in [0.4, 0.5) is 0 Å². The molecule has 0 atom stereocenters. The molecule has 0 aliphatic heterocycles. The second-order valence-corrected chi connectivity index (χ2v) is 3.22. The highest BCUT2D eigenvalue weighted by Crippen LogP contribution is 2.15. The normalized spacial score (nSPS) is 10.6. The molecule has 4 heteroatoms. The maximum absolute atomic E-state index is 8.85. The van der Waals surface area contributed by atoms with Gasteiger partial charge in [0, 0.05) is 11.6 Å². The lowest BCUT2D eigenvalue weighted by atomic mass is 10.2. The summed E-state index contributed by atoms with van der Waals surface area (Å²) in [6, 6.07) is 9.88. The van der Waals surface area contributed by atoms with Crippen LogP contribution in [0.25, 0.3) is 16.6 Å². The molecular weight excluding hydrogens is 188 g/mol. The summed E-state index contributed by atoms with van der Waals surface area (Å²) in [6.07, 6.45) is 3.29. The molecule has 0 saturated heterocycles. The van der Waals surface area contributed by atoms with Crippen molar-refractivity contribution in [3.63, 3.8) is 0 Å². The molecule has 70 valence electrons. The van der Waals surface area contributed by atoms with Crippen molar-refractivity contribution < 1.29 is 0 Å². The van der Waals surface area contributed by atoms with Crippen molar-refractivity contribution >= 4 is 16.6 Å². The summed E-state index contributed by atoms with van der Waals surface area (Å²) in [4.78, 5) is 4.22. The second kappa shape index (κ2) is 2.79. The minimum atomic E-state index is 0.501. The third-order valence-electron chi connectivity index (χ3n) is 2.36. The van der Waals surface area contributed by atoms with E-state index in [2.05, 4.69) is 16.2 Å². The van der Waals surface area contributed by atoms with Gasteiger partial charge < -0.3 is 0 Å². The van der Waals surface area contributed by atoms with Gasteiger partial charge in [0.05, 0.1) is 11.7 Å². The summed E-state index contributed by atoms with van der Waals surface area (Å²) >= 11 is 0. The van der Waals surface area contributed by atoms with E-state index in [0.717, 1.165) is 10.9 Å². The first-order valence-electron chi connectivity index (χ1n) is 4.52. The van der Waals surface area contributed by atoms with E-state index in [0.29, 0.717) is 11.2 Å². The highest BCUT2D eigenvalue weighted by atomic mass is 15.2. The largest absolute Gasteiger partial charge is 0.235 e. The van der Waals surface area contributed by atoms with Crippen molar-refractivity contribution in [2.45, 2.75) is 0 Å². The highest BCUT2D eigenvalue weighted by molar-refractivity contribution is 5.81. The summed E-state index contributed by atoms with van der Waals surface area (Å²) in [6.45, 7) is 0. The standard InChI is InChI=1S/C11H6N4/c12-5-9-7-14-15-10-4-2-1-3-8(10)6-13-11(9)15/h1-4,6-7H. The zero-order valence-electron chi connectivity index (χ0n) is 7.75. The molecule has 2 heterocycles. The molecule has 0 fully saturated rings. The Morgan fingerprint density at radius 1 is 1.20 bits per heavy atom. The van der Waals surface area contributed by atoms with Crippen LogP contribution in [-0.2, 0) is 0 Å². The van der Waals surface area contributed by atoms with Crippen molar-refractivity contribution in [1.82, 2.24) is 14.6 Å². The molecule has 0 bridgehead atoms. The molecule has 0 N–H and O–H groups in total. The molecule has 1 aromatic carbocycles. The van der Waals surface area contributed by atoms with Crippen molar-refractivity contribution in [1.29, 1.82) is 5.26 Å². The van der Waals surface area contributed by atoms with Gasteiger partial charge in [0.15, 0.2) is 5.65 Å². The summed E-state index contributed by atoms with van der Waals surface area (Å²) < 4.78 is 1.69. The van der Waals surface area contributed by atoms with Crippen molar-refractivity contribution in [2.24, 2.45) is 0 Å². The number of para-hydroxylation sites is 1. The molecule has 0 radical (unpaired) electrons. The van der Waals surface area contributed by atoms with Crippen LogP contribution in [0.5, 0.6) is 0 Å². The van der Waals surface area contributed by atoms with Crippen molar-refractivity contribution in [3.8, 4) is 6.07 Å². The highest BCUT2D eigenvalue weighted by Gasteiger charge is 2.06. The summed E-state index contributed by atoms with van der Waals surface area (Å²) in [5, 5.41) is 14.0. The smallest absolute Gasteiger partial charge is 0.173 e. The Labute approximate surface area is 85.4 Å². The number of benzene rings is 1. The van der Waals surface area contributed by atoms with Gasteiger partial charge in [-0.05, 0) is 6.07 Å². The minimum absolute atomic E-state index is 0.501. The van der Waals surface area contributed by atoms with Gasteiger partial charge in [-0.25, -0.2) is 9.50 Å². The topological polar surface area (TPSA) is 54.0 Å². The Balaban J connectivity index is 2.57. The number of rotatable bonds is 0. The van der Waals surface area contributed by atoms with Crippen LogP contribution in [0.15, 0.2) is 36.7 Å². The molecule has 2 aromatic heterocycles. The maximum Gasteiger partial charge on any atom is 0.173 e. The van der Waals surface area contributed by atoms with Crippen molar-refractivity contribution in [2.75, 3.05) is 0 Å². The minimum Gasteiger partial charge on any atom is -0.235 e. The van der Waals surface area contributed by atoms with E-state index < -0.39 is 0 Å². The first kappa shape index (κ1) is 7.94. The van der Waals surface area contributed by atoms with E-state index in [4.69, 9.17) is 5.26 Å². The molecular formula is C11H6N4. The second-order valence-electron chi connectivity index (χ2n) is 3.22. The zero-order valence-corrected chi connectivity index (χ0v) is 7.75. The van der Waals surface area contributed by atoms with E-state index in [-0.39, 0.29) is 0 Å². The number of fused-ring (bicyclic) bond motifs is 3. The van der Waals surface area contributed by atoms with E-state index in [1.807, 2.05) is 24.3 Å². The summed E-state index contributed by atoms with van der Waals surface area (Å²) in [7, 11) is 0. The molecule has 0 amide bonds. The predicted molar refractivity (Wildman–Crippen MR) is 55.2 cm³/mol. The van der Waals surface area contributed by atoms with Gasteiger partial charge in [0.1, 0.15) is 11.6 Å². The van der Waals surface area contributed by atoms with Crippen LogP contribution >= 0.6 is 0 Å². The number of nitrogens with zero attached hydrogens (tertiary/aromatic N) is 4. The Morgan fingerprint density at radius 2 is 2.07 bits per heavy atom. The van der Waals surface area contributed by atoms with Gasteiger partial charge >= 0.3 is 0 Å². The van der Waals surface area contributed by atoms with Gasteiger partial charge in [-0.3, -0.25) is 0 Å². The first-order chi connectivity index (χ1) is 7.40. The Morgan fingerprint density at radius 3 is 2.93 bits per heavy atom. The van der Waals surface area contributed by atoms with E-state index in [1.54, 1.807) is 10.7 Å². The number of nitriles is 1. The Bertz CT molecular complexity index is 690. The molecule has 0 saturated carbocycles. The maximum atomic E-state index is 8.85. The van der Waals surface area contributed by atoms with Gasteiger partial charge in [-0.15, -0.1) is 0 Å². The lowest BCUT2D eigenvalue weighted by molar-refractivity contribution is 0.984. The van der Waals surface area contributed by atoms with Crippen LogP contribution in [0.3, 0.4) is 0 Å². The van der Waals surface area contributed by atoms with Crippen LogP contribution < -0.4 is 0 Å². The van der Waals surface area contributed by atoms with E-state index in [9.17, 15) is 0 Å². The van der Waals surface area contributed by atoms with Crippen LogP contribution in [0, 0.1) is 11.3 Å². The number of hydrogen-bond acceptors (Lipinski definition) is 3. The molecule has 0 aliphatic carbocycles. The third kappa shape index (κ3) is 1.00. The summed E-state index contributed by atoms with van der Waals surface area (Å²) in [5.74, 6) is 0. The van der Waals surface area contributed by atoms with Gasteiger partial charge in [0.2, 0.25) is 0 Å². The lowest BCUT2D eigenvalue weighted by Crippen LogP contribution is -1.92. The average molecular weight is 194 g/mol. The van der Waals surface area contributed by atoms with Gasteiger partial charge in [0.25, 0.3) is 0 Å². The number of aromatic nitrogens is 3. The zero-order chi connectivity index (χ0) is 10.3. The molecule has 15 heavy (non-hydrogen) atoms. The predicted octanol–water partition coefficient (Wildman–Crippen LogP) is 1.75. The first-order valence-corrected chi connectivity index (χ1v) is 4.52. The average Bonchev–Trinajstić information content (AvgIpc) is 2.72. The van der Waals surface area contributed by atoms with Gasteiger partial charge in [-0.2, -0.15) is 10.4 Å². The van der Waals surface area contributed by atoms with Gasteiger partial charge in [-0.1, -0.05) is 18.2 Å². The third-order valence-corrected chi connectivity index (χ3v) is 2.36. The van der Waals surface area contributed by atoms with Crippen LogP contribution in [-0.4, -0.2) is 14.6 Å². The fourth-order valence-corrected chi connectivity index (χ4v) is 1.64. The Kier molecular flexibility index (Phi) is 1.48. The lowest BCUT2D eigenvalue weighted by Gasteiger charge is -1.99. The number of hydrogen-bond donors (Lipinski definition) is 0. The van der Waals surface area contributed by atoms with E-state index in [1.165, 1.54) is 6.20 Å². The Hall–Kier alpha value is -2.41. The fraction of sp³-hybridized carbons (Fsp3) is 0.